The molecule has 1 N–H and O–H groups in total. The van der Waals surface area contributed by atoms with Gasteiger partial charge < -0.3 is 0 Å². The molecule has 2 aliphatic rings. The number of allylic oxidation sites excluding steroid dienone is 2. The Morgan fingerprint density at radius 2 is 2.17 bits per heavy atom. The molecule has 7 nitrogen and oxygen atoms in total. The van der Waals surface area contributed by atoms with Crippen LogP contribution >= 0.6 is 0 Å². The van der Waals surface area contributed by atoms with E-state index in [9.17, 15) is 15.3 Å². The highest BCUT2D eigenvalue weighted by Crippen LogP contribution is 2.60. The van der Waals surface area contributed by atoms with Crippen LogP contribution in [0.5, 0.6) is 0 Å². The summed E-state index contributed by atoms with van der Waals surface area (Å²) in [4.78, 5) is 11.5. The minimum Gasteiger partial charge on any atom is -0.289 e. The lowest BCUT2D eigenvalue weighted by atomic mass is 9.69. The zero-order chi connectivity index (χ0) is 16.8. The largest absolute Gasteiger partial charge is 0.305 e. The number of aromatic nitrogens is 2. The minimum atomic E-state index is -1.16. The van der Waals surface area contributed by atoms with E-state index in [1.165, 1.54) is 6.92 Å². The van der Waals surface area contributed by atoms with Gasteiger partial charge in [-0.1, -0.05) is 12.2 Å². The van der Waals surface area contributed by atoms with E-state index in [-0.39, 0.29) is 35.6 Å². The number of hydrogen-bond acceptors (Lipinski definition) is 5. The zero-order valence-electron chi connectivity index (χ0n) is 13.3. The van der Waals surface area contributed by atoms with Crippen molar-refractivity contribution in [3.63, 3.8) is 0 Å². The first-order valence-electron chi connectivity index (χ1n) is 7.64. The van der Waals surface area contributed by atoms with Crippen LogP contribution in [0.2, 0.25) is 0 Å². The van der Waals surface area contributed by atoms with E-state index in [2.05, 4.69) is 28.8 Å². The van der Waals surface area contributed by atoms with Crippen LogP contribution in [-0.4, -0.2) is 11.2 Å². The van der Waals surface area contributed by atoms with Gasteiger partial charge in [-0.2, -0.15) is 10.5 Å². The molecule has 1 amide bonds. The van der Waals surface area contributed by atoms with Crippen molar-refractivity contribution in [2.24, 2.45) is 17.3 Å². The highest BCUT2D eigenvalue weighted by molar-refractivity contribution is 5.87. The van der Waals surface area contributed by atoms with E-state index in [0.29, 0.717) is 5.69 Å². The van der Waals surface area contributed by atoms with E-state index in [1.54, 1.807) is 4.68 Å². The van der Waals surface area contributed by atoms with E-state index < -0.39 is 5.41 Å². The smallest absolute Gasteiger partial charge is 0.289 e. The molecule has 23 heavy (non-hydrogen) atoms. The Balaban J connectivity index is 2.19. The summed E-state index contributed by atoms with van der Waals surface area (Å²) in [5.74, 6) is -0.462. The van der Waals surface area contributed by atoms with Crippen LogP contribution in [0, 0.1) is 39.9 Å². The molecule has 1 aromatic heterocycles. The summed E-state index contributed by atoms with van der Waals surface area (Å²) in [6.07, 6.45) is 4.77. The molecule has 3 unspecified atom stereocenters. The minimum absolute atomic E-state index is 0.0190. The monoisotopic (exact) mass is 312 g/mol. The number of nitrogens with one attached hydrogen (secondary N) is 1. The van der Waals surface area contributed by atoms with Gasteiger partial charge in [0.05, 0.1) is 18.1 Å². The van der Waals surface area contributed by atoms with Crippen LogP contribution in [0.15, 0.2) is 16.7 Å². The first-order chi connectivity index (χ1) is 10.9. The van der Waals surface area contributed by atoms with Crippen molar-refractivity contribution in [1.82, 2.24) is 5.27 Å². The van der Waals surface area contributed by atoms with E-state index in [0.717, 1.165) is 6.42 Å². The maximum atomic E-state index is 11.5. The average Bonchev–Trinajstić information content (AvgIpc) is 3.18. The molecular formula is C16H18N5O2+. The topological polar surface area (TPSA) is 107 Å². The van der Waals surface area contributed by atoms with Crippen LogP contribution in [0.4, 0.5) is 5.88 Å². The molecule has 0 spiro atoms. The third-order valence-corrected chi connectivity index (χ3v) is 4.76. The second kappa shape index (κ2) is 5.20. The molecule has 0 saturated heterocycles. The Kier molecular flexibility index (Phi) is 3.45. The van der Waals surface area contributed by atoms with Crippen molar-refractivity contribution in [2.75, 3.05) is 5.32 Å². The molecule has 0 radical (unpaired) electrons. The average molecular weight is 312 g/mol. The van der Waals surface area contributed by atoms with Crippen LogP contribution in [0.25, 0.3) is 0 Å². The van der Waals surface area contributed by atoms with Crippen LogP contribution < -0.4 is 10.00 Å². The third-order valence-electron chi connectivity index (χ3n) is 4.76. The number of carbonyl (C=O) groups excluding carboxylic acids is 1. The Morgan fingerprint density at radius 3 is 2.74 bits per heavy atom. The molecule has 1 fully saturated rings. The lowest BCUT2D eigenvalue weighted by Crippen LogP contribution is -2.46. The molecule has 1 heterocycles. The summed E-state index contributed by atoms with van der Waals surface area (Å²) in [6, 6.07) is 4.45. The number of nitrogens with zero attached hydrogens (tertiary/aromatic N) is 4. The van der Waals surface area contributed by atoms with Gasteiger partial charge in [0.1, 0.15) is 0 Å². The van der Waals surface area contributed by atoms with Crippen molar-refractivity contribution in [3.8, 4) is 12.1 Å². The Hall–Kier alpha value is -2.67. The quantitative estimate of drug-likeness (QED) is 0.676. The van der Waals surface area contributed by atoms with Gasteiger partial charge >= 0.3 is 5.88 Å². The second-order valence-corrected chi connectivity index (χ2v) is 6.47. The fraction of sp³-hybridized carbons (Fsp3) is 0.562. The van der Waals surface area contributed by atoms with Crippen molar-refractivity contribution < 1.29 is 14.0 Å². The predicted molar refractivity (Wildman–Crippen MR) is 78.5 cm³/mol. The third kappa shape index (κ3) is 2.04. The summed E-state index contributed by atoms with van der Waals surface area (Å²) in [7, 11) is 0. The first-order valence-corrected chi connectivity index (χ1v) is 7.64. The van der Waals surface area contributed by atoms with Gasteiger partial charge in [0.2, 0.25) is 11.2 Å². The van der Waals surface area contributed by atoms with Crippen molar-refractivity contribution in [3.05, 3.63) is 17.8 Å². The molecule has 2 aliphatic carbocycles. The predicted octanol–water partition coefficient (Wildman–Crippen LogP) is 1.82. The van der Waals surface area contributed by atoms with E-state index >= 15 is 0 Å². The summed E-state index contributed by atoms with van der Waals surface area (Å²) < 4.78 is 6.97. The van der Waals surface area contributed by atoms with Crippen LogP contribution in [-0.2, 0) is 4.79 Å². The number of fused-ring (bicyclic) bond motifs is 2. The van der Waals surface area contributed by atoms with E-state index in [4.69, 9.17) is 4.52 Å². The normalized spacial score (nSPS) is 27.0. The zero-order valence-corrected chi connectivity index (χ0v) is 13.3. The number of carbonyl (C=O) groups is 1. The molecule has 0 aromatic carbocycles. The van der Waals surface area contributed by atoms with Gasteiger partial charge in [0.15, 0.2) is 11.5 Å². The van der Waals surface area contributed by atoms with Gasteiger partial charge in [-0.05, 0) is 17.0 Å². The lowest BCUT2D eigenvalue weighted by Gasteiger charge is -2.27. The Morgan fingerprint density at radius 1 is 1.48 bits per heavy atom. The summed E-state index contributed by atoms with van der Waals surface area (Å²) >= 11 is 0. The summed E-state index contributed by atoms with van der Waals surface area (Å²) in [5.41, 5.74) is -0.537. The maximum Gasteiger partial charge on any atom is 0.305 e. The number of amides is 1. The second-order valence-electron chi connectivity index (χ2n) is 6.47. The summed E-state index contributed by atoms with van der Waals surface area (Å²) in [6.45, 7) is 5.26. The van der Waals surface area contributed by atoms with Gasteiger partial charge in [0.25, 0.3) is 5.69 Å². The van der Waals surface area contributed by atoms with Crippen LogP contribution in [0.1, 0.15) is 44.8 Å². The summed E-state index contributed by atoms with van der Waals surface area (Å²) in [5, 5.41) is 26.2. The molecule has 1 aromatic rings. The number of nitriles is 2. The molecule has 7 heteroatoms. The first kappa shape index (κ1) is 15.2. The Labute approximate surface area is 134 Å². The number of anilines is 1. The lowest BCUT2D eigenvalue weighted by molar-refractivity contribution is -0.786. The number of rotatable bonds is 3. The highest BCUT2D eigenvalue weighted by atomic mass is 16.5. The highest BCUT2D eigenvalue weighted by Gasteiger charge is 2.63. The van der Waals surface area contributed by atoms with Crippen LogP contribution in [0.3, 0.4) is 0 Å². The molecule has 2 bridgehead atoms. The molecule has 118 valence electrons. The SMILES string of the molecule is CC(=O)Nc1on[n+](C(C)C)c1C1C2C=CC(C2)C1(C#N)C#N. The molecule has 1 saturated carbocycles. The fourth-order valence-corrected chi connectivity index (χ4v) is 3.81. The van der Waals surface area contributed by atoms with Crippen molar-refractivity contribution in [1.29, 1.82) is 10.5 Å². The standard InChI is InChI=1S/C16H17N5O2/c1-9(2)21-14(15(23-20-21)19-10(3)22)13-11-4-5-12(6-11)16(13,7-17)8-18/h4-5,9,11-13H,6H2,1-3H3/p+1. The van der Waals surface area contributed by atoms with Crippen molar-refractivity contribution >= 4 is 11.8 Å². The van der Waals surface area contributed by atoms with E-state index in [1.807, 2.05) is 19.9 Å². The van der Waals surface area contributed by atoms with Crippen molar-refractivity contribution in [2.45, 2.75) is 39.2 Å². The van der Waals surface area contributed by atoms with Gasteiger partial charge in [-0.15, -0.1) is 0 Å². The number of hydrogen-bond donors (Lipinski definition) is 1. The van der Waals surface area contributed by atoms with Gasteiger partial charge in [-0.25, -0.2) is 0 Å². The van der Waals surface area contributed by atoms with Gasteiger partial charge in [-0.3, -0.25) is 14.6 Å². The van der Waals surface area contributed by atoms with Gasteiger partial charge in [0, 0.05) is 26.7 Å². The molecular weight excluding hydrogens is 294 g/mol. The molecule has 3 atom stereocenters. The maximum absolute atomic E-state index is 11.5. The molecule has 0 aliphatic heterocycles. The molecule has 3 rings (SSSR count). The Bertz CT molecular complexity index is 750. The fourth-order valence-electron chi connectivity index (χ4n) is 3.81.